The van der Waals surface area contributed by atoms with E-state index < -0.39 is 0 Å². The minimum absolute atomic E-state index is 0.481. The van der Waals surface area contributed by atoms with Crippen LogP contribution in [0.4, 0.5) is 0 Å². The molecule has 4 nitrogen and oxygen atoms in total. The zero-order chi connectivity index (χ0) is 10.8. The minimum atomic E-state index is 0.481. The van der Waals surface area contributed by atoms with Crippen LogP contribution in [-0.2, 0) is 13.1 Å². The summed E-state index contributed by atoms with van der Waals surface area (Å²) in [5, 5.41) is 4.43. The van der Waals surface area contributed by atoms with Gasteiger partial charge in [-0.05, 0) is 26.0 Å². The van der Waals surface area contributed by atoms with Crippen molar-refractivity contribution in [3.05, 3.63) is 29.7 Å². The van der Waals surface area contributed by atoms with Crippen LogP contribution in [-0.4, -0.2) is 9.78 Å². The molecule has 15 heavy (non-hydrogen) atoms. The van der Waals surface area contributed by atoms with Crippen molar-refractivity contribution in [2.24, 2.45) is 5.73 Å². The Morgan fingerprint density at radius 3 is 2.80 bits per heavy atom. The molecule has 0 saturated carbocycles. The SMILES string of the molecule is CCn1cc(CN)c(-c2ccc(C)o2)n1. The molecular formula is C11H15N3O. The fourth-order valence-electron chi connectivity index (χ4n) is 1.54. The van der Waals surface area contributed by atoms with E-state index in [4.69, 9.17) is 10.2 Å². The van der Waals surface area contributed by atoms with Gasteiger partial charge in [0.15, 0.2) is 5.76 Å². The molecule has 0 atom stereocenters. The van der Waals surface area contributed by atoms with Crippen molar-refractivity contribution in [1.82, 2.24) is 9.78 Å². The maximum atomic E-state index is 5.67. The first-order chi connectivity index (χ1) is 7.24. The number of aryl methyl sites for hydroxylation is 2. The molecule has 0 aliphatic rings. The van der Waals surface area contributed by atoms with Gasteiger partial charge in [0.25, 0.3) is 0 Å². The first-order valence-electron chi connectivity index (χ1n) is 5.07. The lowest BCUT2D eigenvalue weighted by molar-refractivity contribution is 0.543. The second kappa shape index (κ2) is 3.90. The van der Waals surface area contributed by atoms with Crippen LogP contribution in [0, 0.1) is 6.92 Å². The summed E-state index contributed by atoms with van der Waals surface area (Å²) in [6.45, 7) is 5.29. The molecule has 0 saturated heterocycles. The molecular weight excluding hydrogens is 190 g/mol. The minimum Gasteiger partial charge on any atom is -0.460 e. The van der Waals surface area contributed by atoms with Gasteiger partial charge in [0.05, 0.1) is 0 Å². The Bertz CT molecular complexity index is 456. The summed E-state index contributed by atoms with van der Waals surface area (Å²) < 4.78 is 7.41. The molecule has 0 aliphatic carbocycles. The number of hydrogen-bond acceptors (Lipinski definition) is 3. The molecule has 0 radical (unpaired) electrons. The molecule has 0 unspecified atom stereocenters. The molecule has 0 aromatic carbocycles. The quantitative estimate of drug-likeness (QED) is 0.833. The van der Waals surface area contributed by atoms with Gasteiger partial charge in [-0.1, -0.05) is 0 Å². The molecule has 2 rings (SSSR count). The van der Waals surface area contributed by atoms with E-state index in [2.05, 4.69) is 5.10 Å². The van der Waals surface area contributed by atoms with Gasteiger partial charge in [0.1, 0.15) is 11.5 Å². The molecule has 2 heterocycles. The van der Waals surface area contributed by atoms with Gasteiger partial charge in [0, 0.05) is 24.8 Å². The molecule has 2 aromatic rings. The van der Waals surface area contributed by atoms with Gasteiger partial charge in [0.2, 0.25) is 0 Å². The highest BCUT2D eigenvalue weighted by Crippen LogP contribution is 2.23. The molecule has 80 valence electrons. The lowest BCUT2D eigenvalue weighted by Gasteiger charge is -1.94. The zero-order valence-electron chi connectivity index (χ0n) is 9.03. The van der Waals surface area contributed by atoms with Crippen LogP contribution in [0.1, 0.15) is 18.2 Å². The fraction of sp³-hybridized carbons (Fsp3) is 0.364. The third-order valence-corrected chi connectivity index (χ3v) is 2.36. The normalized spacial score (nSPS) is 10.9. The van der Waals surface area contributed by atoms with E-state index in [9.17, 15) is 0 Å². The van der Waals surface area contributed by atoms with Crippen LogP contribution in [0.5, 0.6) is 0 Å². The third-order valence-electron chi connectivity index (χ3n) is 2.36. The van der Waals surface area contributed by atoms with Gasteiger partial charge >= 0.3 is 0 Å². The van der Waals surface area contributed by atoms with E-state index in [0.717, 1.165) is 29.3 Å². The largest absolute Gasteiger partial charge is 0.460 e. The van der Waals surface area contributed by atoms with Crippen LogP contribution in [0.25, 0.3) is 11.5 Å². The first kappa shape index (κ1) is 9.98. The van der Waals surface area contributed by atoms with Crippen molar-refractivity contribution in [2.75, 3.05) is 0 Å². The Morgan fingerprint density at radius 1 is 1.47 bits per heavy atom. The van der Waals surface area contributed by atoms with Crippen molar-refractivity contribution in [1.29, 1.82) is 0 Å². The number of rotatable bonds is 3. The highest BCUT2D eigenvalue weighted by Gasteiger charge is 2.12. The average molecular weight is 205 g/mol. The topological polar surface area (TPSA) is 57.0 Å². The number of furan rings is 1. The summed E-state index contributed by atoms with van der Waals surface area (Å²) >= 11 is 0. The Balaban J connectivity index is 2.46. The van der Waals surface area contributed by atoms with E-state index in [0.29, 0.717) is 6.54 Å². The van der Waals surface area contributed by atoms with Gasteiger partial charge in [-0.3, -0.25) is 4.68 Å². The highest BCUT2D eigenvalue weighted by molar-refractivity contribution is 5.56. The summed E-state index contributed by atoms with van der Waals surface area (Å²) in [6, 6.07) is 3.86. The molecule has 0 amide bonds. The van der Waals surface area contributed by atoms with Gasteiger partial charge in [-0.2, -0.15) is 5.10 Å². The Labute approximate surface area is 88.7 Å². The monoisotopic (exact) mass is 205 g/mol. The summed E-state index contributed by atoms with van der Waals surface area (Å²) in [6.07, 6.45) is 1.97. The maximum absolute atomic E-state index is 5.67. The molecule has 0 aliphatic heterocycles. The van der Waals surface area contributed by atoms with Crippen molar-refractivity contribution in [3.8, 4) is 11.5 Å². The fourth-order valence-corrected chi connectivity index (χ4v) is 1.54. The van der Waals surface area contributed by atoms with E-state index in [-0.39, 0.29) is 0 Å². The Kier molecular flexibility index (Phi) is 2.60. The van der Waals surface area contributed by atoms with Gasteiger partial charge in [-0.15, -0.1) is 0 Å². The van der Waals surface area contributed by atoms with Crippen LogP contribution >= 0.6 is 0 Å². The summed E-state index contributed by atoms with van der Waals surface area (Å²) in [4.78, 5) is 0. The summed E-state index contributed by atoms with van der Waals surface area (Å²) in [5.41, 5.74) is 7.54. The van der Waals surface area contributed by atoms with Crippen molar-refractivity contribution < 1.29 is 4.42 Å². The predicted molar refractivity (Wildman–Crippen MR) is 58.2 cm³/mol. The third kappa shape index (κ3) is 1.80. The molecule has 2 aromatic heterocycles. The van der Waals surface area contributed by atoms with Crippen LogP contribution in [0.2, 0.25) is 0 Å². The lowest BCUT2D eigenvalue weighted by atomic mass is 10.2. The van der Waals surface area contributed by atoms with Crippen LogP contribution in [0.15, 0.2) is 22.7 Å². The average Bonchev–Trinajstić information content (AvgIpc) is 2.82. The summed E-state index contributed by atoms with van der Waals surface area (Å²) in [7, 11) is 0. The van der Waals surface area contributed by atoms with Gasteiger partial charge < -0.3 is 10.2 Å². The number of nitrogens with two attached hydrogens (primary N) is 1. The van der Waals surface area contributed by atoms with Crippen molar-refractivity contribution >= 4 is 0 Å². The Morgan fingerprint density at radius 2 is 2.27 bits per heavy atom. The molecule has 2 N–H and O–H groups in total. The van der Waals surface area contributed by atoms with E-state index in [1.54, 1.807) is 0 Å². The van der Waals surface area contributed by atoms with E-state index in [1.807, 2.05) is 36.9 Å². The molecule has 4 heteroatoms. The van der Waals surface area contributed by atoms with E-state index in [1.165, 1.54) is 0 Å². The predicted octanol–water partition coefficient (Wildman–Crippen LogP) is 1.93. The van der Waals surface area contributed by atoms with Crippen LogP contribution < -0.4 is 5.73 Å². The standard InChI is InChI=1S/C11H15N3O/c1-3-14-7-9(6-12)11(13-14)10-5-4-8(2)15-10/h4-5,7H,3,6,12H2,1-2H3. The zero-order valence-corrected chi connectivity index (χ0v) is 9.03. The molecule has 0 fully saturated rings. The molecule has 0 bridgehead atoms. The van der Waals surface area contributed by atoms with E-state index >= 15 is 0 Å². The summed E-state index contributed by atoms with van der Waals surface area (Å²) in [5.74, 6) is 1.68. The number of nitrogens with zero attached hydrogens (tertiary/aromatic N) is 2. The van der Waals surface area contributed by atoms with Crippen molar-refractivity contribution in [3.63, 3.8) is 0 Å². The van der Waals surface area contributed by atoms with Crippen LogP contribution in [0.3, 0.4) is 0 Å². The Hall–Kier alpha value is -1.55. The highest BCUT2D eigenvalue weighted by atomic mass is 16.3. The first-order valence-corrected chi connectivity index (χ1v) is 5.07. The maximum Gasteiger partial charge on any atom is 0.154 e. The molecule has 0 spiro atoms. The second-order valence-electron chi connectivity index (χ2n) is 3.47. The van der Waals surface area contributed by atoms with Crippen molar-refractivity contribution in [2.45, 2.75) is 26.9 Å². The number of aromatic nitrogens is 2. The second-order valence-corrected chi connectivity index (χ2v) is 3.47. The smallest absolute Gasteiger partial charge is 0.154 e. The lowest BCUT2D eigenvalue weighted by Crippen LogP contribution is -1.96. The number of hydrogen-bond donors (Lipinski definition) is 1. The van der Waals surface area contributed by atoms with Gasteiger partial charge in [-0.25, -0.2) is 0 Å².